The Balaban J connectivity index is 1.48. The van der Waals surface area contributed by atoms with Gasteiger partial charge in [0.1, 0.15) is 5.60 Å². The Morgan fingerprint density at radius 2 is 1.82 bits per heavy atom. The van der Waals surface area contributed by atoms with Crippen molar-refractivity contribution in [1.29, 1.82) is 0 Å². The highest BCUT2D eigenvalue weighted by atomic mass is 19.1. The predicted octanol–water partition coefficient (Wildman–Crippen LogP) is 5.20. The van der Waals surface area contributed by atoms with Crippen molar-refractivity contribution in [1.82, 2.24) is 0 Å². The number of aliphatic hydroxyl groups is 2. The Morgan fingerprint density at radius 1 is 1.13 bits per heavy atom. The predicted molar refractivity (Wildman–Crippen MR) is 142 cm³/mol. The van der Waals surface area contributed by atoms with Crippen molar-refractivity contribution in [3.63, 3.8) is 0 Å². The minimum Gasteiger partial charge on any atom is -0.458 e. The van der Waals surface area contributed by atoms with Crippen LogP contribution in [0.4, 0.5) is 4.39 Å². The summed E-state index contributed by atoms with van der Waals surface area (Å²) in [5, 5.41) is 23.4. The van der Waals surface area contributed by atoms with E-state index in [4.69, 9.17) is 4.74 Å². The molecule has 0 bridgehead atoms. The lowest BCUT2D eigenvalue weighted by Gasteiger charge is -2.62. The Labute approximate surface area is 226 Å². The van der Waals surface area contributed by atoms with Gasteiger partial charge in [-0.25, -0.2) is 4.39 Å². The van der Waals surface area contributed by atoms with Crippen LogP contribution in [0.25, 0.3) is 0 Å². The SMILES string of the molecule is CCCCCCCCC(=O)OCC(=O)C1(O)C(C)CC2C3CCC4=CC(=O)C=CC4(C)C3(F)C(O)CC21C. The number of Topliss-reactive ketones (excluding diaryl/α,β-unsaturated/α-hetero) is 1. The van der Waals surface area contributed by atoms with Crippen molar-refractivity contribution in [2.45, 2.75) is 116 Å². The van der Waals surface area contributed by atoms with Gasteiger partial charge in [0.2, 0.25) is 5.78 Å². The van der Waals surface area contributed by atoms with Crippen LogP contribution in [0, 0.1) is 28.6 Å². The van der Waals surface area contributed by atoms with Crippen LogP contribution in [-0.4, -0.2) is 51.7 Å². The van der Waals surface area contributed by atoms with Crippen molar-refractivity contribution in [3.8, 4) is 0 Å². The molecule has 212 valence electrons. The van der Waals surface area contributed by atoms with Gasteiger partial charge < -0.3 is 14.9 Å². The first kappa shape index (κ1) is 29.1. The van der Waals surface area contributed by atoms with Crippen LogP contribution in [0.3, 0.4) is 0 Å². The van der Waals surface area contributed by atoms with E-state index in [1.807, 2.05) is 0 Å². The third-order valence-electron chi connectivity index (χ3n) is 10.7. The molecular formula is C31H45FO6. The van der Waals surface area contributed by atoms with Crippen LogP contribution >= 0.6 is 0 Å². The van der Waals surface area contributed by atoms with E-state index in [9.17, 15) is 24.6 Å². The van der Waals surface area contributed by atoms with Gasteiger partial charge >= 0.3 is 5.97 Å². The maximum atomic E-state index is 17.2. The number of allylic oxidation sites excluding steroid dienone is 4. The van der Waals surface area contributed by atoms with E-state index in [0.717, 1.165) is 25.7 Å². The summed E-state index contributed by atoms with van der Waals surface area (Å²) in [6.45, 7) is 6.96. The molecule has 0 aromatic heterocycles. The fourth-order valence-corrected chi connectivity index (χ4v) is 8.52. The number of halogens is 1. The summed E-state index contributed by atoms with van der Waals surface area (Å²) in [5.41, 5.74) is -5.35. The molecule has 0 heterocycles. The minimum absolute atomic E-state index is 0.0897. The Kier molecular flexibility index (Phi) is 8.13. The molecule has 7 heteroatoms. The van der Waals surface area contributed by atoms with Gasteiger partial charge in [0, 0.05) is 23.2 Å². The van der Waals surface area contributed by atoms with Crippen molar-refractivity contribution in [2.24, 2.45) is 28.6 Å². The fraction of sp³-hybridized carbons (Fsp3) is 0.774. The van der Waals surface area contributed by atoms with Gasteiger partial charge in [-0.1, -0.05) is 64.5 Å². The van der Waals surface area contributed by atoms with Crippen molar-refractivity contribution < 1.29 is 33.7 Å². The number of ketones is 2. The Morgan fingerprint density at radius 3 is 2.53 bits per heavy atom. The zero-order chi connectivity index (χ0) is 27.9. The zero-order valence-electron chi connectivity index (χ0n) is 23.4. The molecule has 8 unspecified atom stereocenters. The molecule has 8 atom stereocenters. The number of esters is 1. The molecule has 38 heavy (non-hydrogen) atoms. The molecule has 3 saturated carbocycles. The maximum Gasteiger partial charge on any atom is 0.306 e. The van der Waals surface area contributed by atoms with E-state index in [2.05, 4.69) is 6.92 Å². The number of carbonyl (C=O) groups excluding carboxylic acids is 3. The molecule has 0 saturated heterocycles. The summed E-state index contributed by atoms with van der Waals surface area (Å²) >= 11 is 0. The molecular weight excluding hydrogens is 487 g/mol. The maximum absolute atomic E-state index is 17.2. The molecule has 4 rings (SSSR count). The molecule has 3 fully saturated rings. The van der Waals surface area contributed by atoms with Gasteiger partial charge in [0.15, 0.2) is 18.1 Å². The Hall–Kier alpha value is -1.86. The van der Waals surface area contributed by atoms with E-state index in [1.165, 1.54) is 18.6 Å². The van der Waals surface area contributed by atoms with E-state index < -0.39 is 58.4 Å². The zero-order valence-corrected chi connectivity index (χ0v) is 23.4. The molecule has 0 radical (unpaired) electrons. The number of hydrogen-bond acceptors (Lipinski definition) is 6. The van der Waals surface area contributed by atoms with Crippen LogP contribution in [0.15, 0.2) is 23.8 Å². The Bertz CT molecular complexity index is 1020. The van der Waals surface area contributed by atoms with Crippen molar-refractivity contribution in [2.75, 3.05) is 6.61 Å². The number of aliphatic hydroxyl groups excluding tert-OH is 1. The number of alkyl halides is 1. The summed E-state index contributed by atoms with van der Waals surface area (Å²) in [6.07, 6.45) is 10.8. The lowest BCUT2D eigenvalue weighted by Crippen LogP contribution is -2.69. The summed E-state index contributed by atoms with van der Waals surface area (Å²) in [7, 11) is 0. The van der Waals surface area contributed by atoms with Crippen LogP contribution in [-0.2, 0) is 19.1 Å². The second kappa shape index (κ2) is 10.6. The molecule has 0 aliphatic heterocycles. The molecule has 0 amide bonds. The second-order valence-electron chi connectivity index (χ2n) is 12.8. The number of fused-ring (bicyclic) bond motifs is 5. The highest BCUT2D eigenvalue weighted by molar-refractivity contribution is 6.01. The van der Waals surface area contributed by atoms with Crippen molar-refractivity contribution >= 4 is 17.5 Å². The van der Waals surface area contributed by atoms with E-state index in [1.54, 1.807) is 26.8 Å². The third kappa shape index (κ3) is 4.32. The number of unbranched alkanes of at least 4 members (excludes halogenated alkanes) is 5. The van der Waals surface area contributed by atoms with Crippen LogP contribution < -0.4 is 0 Å². The lowest BCUT2D eigenvalue weighted by atomic mass is 9.44. The smallest absolute Gasteiger partial charge is 0.306 e. The number of hydrogen-bond donors (Lipinski definition) is 2. The normalized spacial score (nSPS) is 41.7. The van der Waals surface area contributed by atoms with E-state index >= 15 is 4.39 Å². The van der Waals surface area contributed by atoms with Crippen LogP contribution in [0.2, 0.25) is 0 Å². The van der Waals surface area contributed by atoms with Gasteiger partial charge in [0.05, 0.1) is 6.10 Å². The molecule has 6 nitrogen and oxygen atoms in total. The molecule has 0 spiro atoms. The number of rotatable bonds is 10. The minimum atomic E-state index is -2.02. The largest absolute Gasteiger partial charge is 0.458 e. The van der Waals surface area contributed by atoms with Crippen LogP contribution in [0.1, 0.15) is 98.3 Å². The topological polar surface area (TPSA) is 101 Å². The summed E-state index contributed by atoms with van der Waals surface area (Å²) in [6, 6.07) is 0. The van der Waals surface area contributed by atoms with Gasteiger partial charge in [-0.15, -0.1) is 0 Å². The van der Waals surface area contributed by atoms with E-state index in [-0.39, 0.29) is 24.5 Å². The molecule has 4 aliphatic rings. The highest BCUT2D eigenvalue weighted by Gasteiger charge is 2.75. The fourth-order valence-electron chi connectivity index (χ4n) is 8.52. The van der Waals surface area contributed by atoms with Gasteiger partial charge in [-0.3, -0.25) is 14.4 Å². The van der Waals surface area contributed by atoms with Gasteiger partial charge in [-0.2, -0.15) is 0 Å². The third-order valence-corrected chi connectivity index (χ3v) is 10.7. The lowest BCUT2D eigenvalue weighted by molar-refractivity contribution is -0.220. The van der Waals surface area contributed by atoms with Gasteiger partial charge in [0.25, 0.3) is 0 Å². The number of carbonyl (C=O) groups is 3. The highest BCUT2D eigenvalue weighted by Crippen LogP contribution is 2.70. The molecule has 2 N–H and O–H groups in total. The first-order valence-electron chi connectivity index (χ1n) is 14.6. The molecule has 0 aromatic rings. The standard InChI is InChI=1S/C31H45FO6/c1-5-6-7-8-9-10-11-27(36)38-19-26(35)31(37)20(2)16-24-23-13-12-21-17-22(33)14-15-28(21,3)30(23,32)25(34)18-29(24,31)4/h14-15,17,20,23-25,34,37H,5-13,16,18-19H2,1-4H3. The molecule has 4 aliphatic carbocycles. The average molecular weight is 533 g/mol. The summed E-state index contributed by atoms with van der Waals surface area (Å²) < 4.78 is 22.5. The van der Waals surface area contributed by atoms with Crippen LogP contribution in [0.5, 0.6) is 0 Å². The monoisotopic (exact) mass is 532 g/mol. The van der Waals surface area contributed by atoms with Gasteiger partial charge in [-0.05, 0) is 63.0 Å². The summed E-state index contributed by atoms with van der Waals surface area (Å²) in [4.78, 5) is 37.8. The van der Waals surface area contributed by atoms with E-state index in [0.29, 0.717) is 31.3 Å². The first-order chi connectivity index (χ1) is 17.9. The summed E-state index contributed by atoms with van der Waals surface area (Å²) in [5.74, 6) is -2.61. The molecule has 0 aromatic carbocycles. The number of ether oxygens (including phenoxy) is 1. The van der Waals surface area contributed by atoms with Crippen molar-refractivity contribution in [3.05, 3.63) is 23.8 Å². The average Bonchev–Trinajstić information content (AvgIpc) is 3.07. The quantitative estimate of drug-likeness (QED) is 0.296. The first-order valence-corrected chi connectivity index (χ1v) is 14.6. The second-order valence-corrected chi connectivity index (χ2v) is 12.8.